The normalized spacial score (nSPS) is 9.90. The lowest BCUT2D eigenvalue weighted by Gasteiger charge is -2.06. The second-order valence-electron chi connectivity index (χ2n) is 4.25. The molecule has 0 N–H and O–H groups in total. The molecule has 0 saturated carbocycles. The van der Waals surface area contributed by atoms with E-state index in [4.69, 9.17) is 4.74 Å². The summed E-state index contributed by atoms with van der Waals surface area (Å²) in [4.78, 5) is 10.8. The Morgan fingerprint density at radius 3 is 2.65 bits per heavy atom. The van der Waals surface area contributed by atoms with Gasteiger partial charge in [-0.3, -0.25) is 4.79 Å². The summed E-state index contributed by atoms with van der Waals surface area (Å²) in [5.41, 5.74) is 0.995. The van der Waals surface area contributed by atoms with E-state index in [0.29, 0.717) is 6.42 Å². The number of fused-ring (bicyclic) bond motifs is 1. The van der Waals surface area contributed by atoms with E-state index in [1.807, 2.05) is 36.4 Å². The van der Waals surface area contributed by atoms with E-state index in [-0.39, 0.29) is 5.12 Å². The van der Waals surface area contributed by atoms with Gasteiger partial charge in [0, 0.05) is 35.4 Å². The topological polar surface area (TPSA) is 26.3 Å². The number of thioether (sulfide) groups is 1. The molecule has 0 unspecified atom stereocenters. The lowest BCUT2D eigenvalue weighted by molar-refractivity contribution is -0.109. The summed E-state index contributed by atoms with van der Waals surface area (Å²) in [7, 11) is 1.67. The number of carbonyl (C=O) groups excluding carboxylic acids is 1. The molecule has 3 heteroatoms. The van der Waals surface area contributed by atoms with Gasteiger partial charge < -0.3 is 4.74 Å². The van der Waals surface area contributed by atoms with E-state index < -0.39 is 0 Å². The standard InChI is InChI=1S/C17H16O2S/c1-13(18)20-12-6-5-7-14-10-11-17(19-2)16-9-4-3-8-15(14)16/h3-4,8-11H,6,12H2,1-2H3. The predicted molar refractivity (Wildman–Crippen MR) is 85.1 cm³/mol. The van der Waals surface area contributed by atoms with E-state index in [1.165, 1.54) is 11.8 Å². The lowest BCUT2D eigenvalue weighted by atomic mass is 10.0. The van der Waals surface area contributed by atoms with Crippen LogP contribution in [0.2, 0.25) is 0 Å². The van der Waals surface area contributed by atoms with Crippen LogP contribution in [0.5, 0.6) is 5.75 Å². The summed E-state index contributed by atoms with van der Waals surface area (Å²) < 4.78 is 5.36. The van der Waals surface area contributed by atoms with Crippen molar-refractivity contribution >= 4 is 27.6 Å². The molecule has 0 radical (unpaired) electrons. The SMILES string of the molecule is COc1ccc(C#CCCSC(C)=O)c2ccccc12. The van der Waals surface area contributed by atoms with Gasteiger partial charge in [-0.2, -0.15) is 0 Å². The van der Waals surface area contributed by atoms with E-state index >= 15 is 0 Å². The Morgan fingerprint density at radius 1 is 1.20 bits per heavy atom. The highest BCUT2D eigenvalue weighted by Crippen LogP contribution is 2.27. The molecule has 0 aliphatic rings. The number of ether oxygens (including phenoxy) is 1. The monoisotopic (exact) mass is 284 g/mol. The minimum Gasteiger partial charge on any atom is -0.496 e. The number of hydrogen-bond donors (Lipinski definition) is 0. The molecule has 0 amide bonds. The molecule has 0 saturated heterocycles. The van der Waals surface area contributed by atoms with Gasteiger partial charge in [0.15, 0.2) is 5.12 Å². The van der Waals surface area contributed by atoms with Gasteiger partial charge in [0.2, 0.25) is 0 Å². The third kappa shape index (κ3) is 3.55. The number of hydrogen-bond acceptors (Lipinski definition) is 3. The summed E-state index contributed by atoms with van der Waals surface area (Å²) in [6.07, 6.45) is 0.713. The van der Waals surface area contributed by atoms with Crippen molar-refractivity contribution in [1.82, 2.24) is 0 Å². The van der Waals surface area contributed by atoms with Gasteiger partial charge in [0.25, 0.3) is 0 Å². The summed E-state index contributed by atoms with van der Waals surface area (Å²) in [6.45, 7) is 1.58. The Bertz CT molecular complexity index is 680. The zero-order chi connectivity index (χ0) is 14.4. The second-order valence-corrected chi connectivity index (χ2v) is 5.52. The first-order valence-corrected chi connectivity index (χ1v) is 7.39. The maximum Gasteiger partial charge on any atom is 0.185 e. The van der Waals surface area contributed by atoms with Gasteiger partial charge in [-0.05, 0) is 12.1 Å². The van der Waals surface area contributed by atoms with Crippen LogP contribution in [0.25, 0.3) is 10.8 Å². The van der Waals surface area contributed by atoms with Crippen LogP contribution in [0, 0.1) is 11.8 Å². The molecular weight excluding hydrogens is 268 g/mol. The molecule has 102 valence electrons. The van der Waals surface area contributed by atoms with Crippen molar-refractivity contribution in [3.8, 4) is 17.6 Å². The van der Waals surface area contributed by atoms with Crippen molar-refractivity contribution in [3.63, 3.8) is 0 Å². The molecular formula is C17H16O2S. The molecule has 0 heterocycles. The first-order valence-electron chi connectivity index (χ1n) is 6.40. The zero-order valence-corrected chi connectivity index (χ0v) is 12.4. The van der Waals surface area contributed by atoms with Crippen molar-refractivity contribution in [2.24, 2.45) is 0 Å². The molecule has 2 aromatic carbocycles. The fraction of sp³-hybridized carbons (Fsp3) is 0.235. The minimum atomic E-state index is 0.140. The Labute approximate surface area is 123 Å². The van der Waals surface area contributed by atoms with E-state index in [9.17, 15) is 4.79 Å². The van der Waals surface area contributed by atoms with Crippen molar-refractivity contribution in [2.45, 2.75) is 13.3 Å². The molecule has 0 bridgehead atoms. The summed E-state index contributed by atoms with van der Waals surface area (Å²) in [6, 6.07) is 12.0. The van der Waals surface area contributed by atoms with E-state index in [0.717, 1.165) is 27.8 Å². The summed E-state index contributed by atoms with van der Waals surface area (Å²) >= 11 is 1.31. The molecule has 2 rings (SSSR count). The van der Waals surface area contributed by atoms with Gasteiger partial charge >= 0.3 is 0 Å². The fourth-order valence-corrected chi connectivity index (χ4v) is 2.45. The third-order valence-electron chi connectivity index (χ3n) is 2.86. The molecule has 0 fully saturated rings. The minimum absolute atomic E-state index is 0.140. The molecule has 2 nitrogen and oxygen atoms in total. The van der Waals surface area contributed by atoms with Crippen LogP contribution in [0.1, 0.15) is 18.9 Å². The molecule has 0 atom stereocenters. The lowest BCUT2D eigenvalue weighted by Crippen LogP contribution is -1.87. The smallest absolute Gasteiger partial charge is 0.185 e. The Hall–Kier alpha value is -1.92. The number of carbonyl (C=O) groups is 1. The van der Waals surface area contributed by atoms with Gasteiger partial charge in [-0.1, -0.05) is 47.9 Å². The largest absolute Gasteiger partial charge is 0.496 e. The molecule has 0 spiro atoms. The number of benzene rings is 2. The second kappa shape index (κ2) is 7.02. The van der Waals surface area contributed by atoms with Gasteiger partial charge in [0.05, 0.1) is 7.11 Å². The Morgan fingerprint density at radius 2 is 1.95 bits per heavy atom. The fourth-order valence-electron chi connectivity index (χ4n) is 1.96. The van der Waals surface area contributed by atoms with Crippen LogP contribution in [0.4, 0.5) is 0 Å². The number of rotatable bonds is 3. The van der Waals surface area contributed by atoms with Gasteiger partial charge in [-0.25, -0.2) is 0 Å². The average molecular weight is 284 g/mol. The van der Waals surface area contributed by atoms with Crippen LogP contribution < -0.4 is 4.74 Å². The van der Waals surface area contributed by atoms with Crippen molar-refractivity contribution < 1.29 is 9.53 Å². The highest BCUT2D eigenvalue weighted by molar-refractivity contribution is 8.13. The zero-order valence-electron chi connectivity index (χ0n) is 11.6. The van der Waals surface area contributed by atoms with Gasteiger partial charge in [0.1, 0.15) is 5.75 Å². The summed E-state index contributed by atoms with van der Waals surface area (Å²) in [5, 5.41) is 2.31. The number of methoxy groups -OCH3 is 1. The molecule has 0 aliphatic carbocycles. The first kappa shape index (κ1) is 14.5. The molecule has 0 aromatic heterocycles. The highest BCUT2D eigenvalue weighted by atomic mass is 32.2. The van der Waals surface area contributed by atoms with Crippen LogP contribution in [-0.4, -0.2) is 18.0 Å². The molecule has 0 aliphatic heterocycles. The Kier molecular flexibility index (Phi) is 5.09. The highest BCUT2D eigenvalue weighted by Gasteiger charge is 2.03. The van der Waals surface area contributed by atoms with Crippen LogP contribution in [-0.2, 0) is 4.79 Å². The van der Waals surface area contributed by atoms with Crippen LogP contribution in [0.3, 0.4) is 0 Å². The first-order chi connectivity index (χ1) is 9.72. The summed E-state index contributed by atoms with van der Waals surface area (Å²) in [5.74, 6) is 7.91. The van der Waals surface area contributed by atoms with Gasteiger partial charge in [-0.15, -0.1) is 0 Å². The predicted octanol–water partition coefficient (Wildman–Crippen LogP) is 3.87. The molecule has 20 heavy (non-hydrogen) atoms. The Balaban J connectivity index is 2.23. The van der Waals surface area contributed by atoms with Crippen molar-refractivity contribution in [1.29, 1.82) is 0 Å². The van der Waals surface area contributed by atoms with Crippen LogP contribution in [0.15, 0.2) is 36.4 Å². The van der Waals surface area contributed by atoms with E-state index in [2.05, 4.69) is 11.8 Å². The van der Waals surface area contributed by atoms with E-state index in [1.54, 1.807) is 14.0 Å². The molecule has 2 aromatic rings. The van der Waals surface area contributed by atoms with Crippen molar-refractivity contribution in [2.75, 3.05) is 12.9 Å². The maximum absolute atomic E-state index is 10.8. The maximum atomic E-state index is 10.8. The average Bonchev–Trinajstić information content (AvgIpc) is 2.46. The van der Waals surface area contributed by atoms with Crippen molar-refractivity contribution in [3.05, 3.63) is 42.0 Å². The van der Waals surface area contributed by atoms with Crippen LogP contribution >= 0.6 is 11.8 Å². The third-order valence-corrected chi connectivity index (χ3v) is 3.67. The quantitative estimate of drug-likeness (QED) is 0.632.